The molecule has 0 bridgehead atoms. The molecular weight excluding hydrogens is 424 g/mol. The summed E-state index contributed by atoms with van der Waals surface area (Å²) in [5.74, 6) is 0.252. The molecule has 0 spiro atoms. The van der Waals surface area contributed by atoms with Gasteiger partial charge in [-0.05, 0) is 28.8 Å². The summed E-state index contributed by atoms with van der Waals surface area (Å²) in [5.41, 5.74) is 4.12. The van der Waals surface area contributed by atoms with Crippen LogP contribution in [0.1, 0.15) is 16.7 Å². The smallest absolute Gasteiger partial charge is 0.449 e. The molecule has 0 unspecified atom stereocenters. The highest BCUT2D eigenvalue weighted by Crippen LogP contribution is 2.43. The highest BCUT2D eigenvalue weighted by Gasteiger charge is 2.39. The van der Waals surface area contributed by atoms with Crippen molar-refractivity contribution in [3.8, 4) is 17.0 Å². The molecule has 5 heteroatoms. The summed E-state index contributed by atoms with van der Waals surface area (Å²) in [4.78, 5) is 15.6. The van der Waals surface area contributed by atoms with Gasteiger partial charge in [-0.3, -0.25) is 0 Å². The average Bonchev–Trinajstić information content (AvgIpc) is 3.37. The van der Waals surface area contributed by atoms with Crippen LogP contribution in [0.15, 0.2) is 128 Å². The van der Waals surface area contributed by atoms with Crippen molar-refractivity contribution >= 4 is 6.16 Å². The molecule has 0 fully saturated rings. The van der Waals surface area contributed by atoms with E-state index in [1.54, 1.807) is 24.4 Å². The zero-order chi connectivity index (χ0) is 23.4. The van der Waals surface area contributed by atoms with E-state index in [4.69, 9.17) is 9.84 Å². The summed E-state index contributed by atoms with van der Waals surface area (Å²) in [5, 5.41) is 9.08. The number of aromatic nitrogens is 2. The average molecular weight is 447 g/mol. The van der Waals surface area contributed by atoms with Crippen LogP contribution in [-0.4, -0.2) is 20.8 Å². The summed E-state index contributed by atoms with van der Waals surface area (Å²) < 4.78 is 7.07. The van der Waals surface area contributed by atoms with Crippen molar-refractivity contribution in [3.63, 3.8) is 0 Å². The van der Waals surface area contributed by atoms with Crippen LogP contribution in [0.2, 0.25) is 0 Å². The molecule has 4 aromatic carbocycles. The Hall–Kier alpha value is -4.64. The number of imidazole rings is 1. The highest BCUT2D eigenvalue weighted by atomic mass is 16.7. The molecule has 5 aromatic rings. The summed E-state index contributed by atoms with van der Waals surface area (Å²) in [6, 6.07) is 38.0. The molecule has 0 saturated carbocycles. The van der Waals surface area contributed by atoms with Crippen molar-refractivity contribution in [2.24, 2.45) is 0 Å². The lowest BCUT2D eigenvalue weighted by atomic mass is 9.76. The molecule has 5 nitrogen and oxygen atoms in total. The van der Waals surface area contributed by atoms with E-state index in [2.05, 4.69) is 45.9 Å². The molecule has 0 saturated heterocycles. The standard InChI is InChI=1S/C29H22N2O3/c32-28(33)34-26-18-10-11-22(19-26)27-20-30-21-31(27)29(23-12-4-1-5-13-23,24-14-6-2-7-15-24)25-16-8-3-9-17-25/h1-21H,(H,32,33). The van der Waals surface area contributed by atoms with Crippen molar-refractivity contribution in [2.45, 2.75) is 5.54 Å². The van der Waals surface area contributed by atoms with Crippen LogP contribution in [0, 0.1) is 0 Å². The van der Waals surface area contributed by atoms with Gasteiger partial charge in [0.25, 0.3) is 0 Å². The minimum atomic E-state index is -1.35. The number of carbonyl (C=O) groups is 1. The first kappa shape index (κ1) is 21.2. The maximum absolute atomic E-state index is 11.1. The second-order valence-electron chi connectivity index (χ2n) is 7.85. The fourth-order valence-electron chi connectivity index (χ4n) is 4.55. The predicted octanol–water partition coefficient (Wildman–Crippen LogP) is 6.45. The van der Waals surface area contributed by atoms with Gasteiger partial charge in [-0.2, -0.15) is 0 Å². The number of benzene rings is 4. The van der Waals surface area contributed by atoms with Gasteiger partial charge in [0.15, 0.2) is 0 Å². The van der Waals surface area contributed by atoms with Crippen molar-refractivity contribution in [3.05, 3.63) is 144 Å². The van der Waals surface area contributed by atoms with E-state index >= 15 is 0 Å². The summed E-state index contributed by atoms with van der Waals surface area (Å²) in [7, 11) is 0. The third-order valence-electron chi connectivity index (χ3n) is 5.91. The van der Waals surface area contributed by atoms with E-state index in [1.165, 1.54) is 0 Å². The Balaban J connectivity index is 1.83. The van der Waals surface area contributed by atoms with Crippen molar-refractivity contribution in [2.75, 3.05) is 0 Å². The summed E-state index contributed by atoms with van der Waals surface area (Å²) in [6.07, 6.45) is 2.27. The Labute approximate surface area is 197 Å². The molecule has 166 valence electrons. The normalized spacial score (nSPS) is 11.2. The summed E-state index contributed by atoms with van der Waals surface area (Å²) in [6.45, 7) is 0. The van der Waals surface area contributed by atoms with Crippen LogP contribution in [0.25, 0.3) is 11.3 Å². The van der Waals surface area contributed by atoms with Gasteiger partial charge in [-0.15, -0.1) is 0 Å². The van der Waals surface area contributed by atoms with E-state index in [-0.39, 0.29) is 5.75 Å². The maximum atomic E-state index is 11.1. The SMILES string of the molecule is O=C(O)Oc1cccc(-c2cncn2C(c2ccccc2)(c2ccccc2)c2ccccc2)c1. The fourth-order valence-corrected chi connectivity index (χ4v) is 4.55. The van der Waals surface area contributed by atoms with E-state index in [9.17, 15) is 4.79 Å². The van der Waals surface area contributed by atoms with Crippen molar-refractivity contribution < 1.29 is 14.6 Å². The third kappa shape index (κ3) is 3.73. The van der Waals surface area contributed by atoms with Gasteiger partial charge in [0, 0.05) is 5.56 Å². The number of rotatable bonds is 6. The predicted molar refractivity (Wildman–Crippen MR) is 131 cm³/mol. The Morgan fingerprint density at radius 3 is 1.76 bits per heavy atom. The molecule has 1 N–H and O–H groups in total. The Morgan fingerprint density at radius 2 is 1.26 bits per heavy atom. The van der Waals surface area contributed by atoms with Gasteiger partial charge in [0.1, 0.15) is 11.3 Å². The Kier molecular flexibility index (Phi) is 5.67. The molecule has 5 rings (SSSR count). The number of nitrogens with zero attached hydrogens (tertiary/aromatic N) is 2. The van der Waals surface area contributed by atoms with E-state index in [0.29, 0.717) is 0 Å². The van der Waals surface area contributed by atoms with E-state index in [0.717, 1.165) is 27.9 Å². The van der Waals surface area contributed by atoms with Crippen LogP contribution in [0.4, 0.5) is 4.79 Å². The van der Waals surface area contributed by atoms with E-state index < -0.39 is 11.7 Å². The second kappa shape index (κ2) is 9.08. The quantitative estimate of drug-likeness (QED) is 0.185. The lowest BCUT2D eigenvalue weighted by Crippen LogP contribution is -2.37. The maximum Gasteiger partial charge on any atom is 0.511 e. The van der Waals surface area contributed by atoms with Crippen LogP contribution in [0.5, 0.6) is 5.75 Å². The zero-order valence-electron chi connectivity index (χ0n) is 18.3. The van der Waals surface area contributed by atoms with Crippen molar-refractivity contribution in [1.82, 2.24) is 9.55 Å². The second-order valence-corrected chi connectivity index (χ2v) is 7.85. The molecule has 0 aliphatic heterocycles. The first-order valence-electron chi connectivity index (χ1n) is 10.9. The molecule has 1 heterocycles. The minimum absolute atomic E-state index is 0.252. The monoisotopic (exact) mass is 446 g/mol. The van der Waals surface area contributed by atoms with Gasteiger partial charge in [0.2, 0.25) is 0 Å². The number of carboxylic acid groups (broad SMARTS) is 1. The van der Waals surface area contributed by atoms with Gasteiger partial charge >= 0.3 is 6.16 Å². The molecule has 34 heavy (non-hydrogen) atoms. The molecule has 1 aromatic heterocycles. The Bertz CT molecular complexity index is 1300. The first-order valence-corrected chi connectivity index (χ1v) is 10.9. The molecule has 0 radical (unpaired) electrons. The van der Waals surface area contributed by atoms with Gasteiger partial charge in [0.05, 0.1) is 18.2 Å². The molecule has 0 atom stereocenters. The van der Waals surface area contributed by atoms with E-state index in [1.807, 2.05) is 67.0 Å². The van der Waals surface area contributed by atoms with Gasteiger partial charge < -0.3 is 14.4 Å². The first-order chi connectivity index (χ1) is 16.7. The third-order valence-corrected chi connectivity index (χ3v) is 5.91. The topological polar surface area (TPSA) is 64.3 Å². The molecular formula is C29H22N2O3. The molecule has 0 amide bonds. The van der Waals surface area contributed by atoms with Crippen LogP contribution >= 0.6 is 0 Å². The summed E-state index contributed by atoms with van der Waals surface area (Å²) >= 11 is 0. The van der Waals surface area contributed by atoms with Crippen LogP contribution < -0.4 is 4.74 Å². The largest absolute Gasteiger partial charge is 0.511 e. The minimum Gasteiger partial charge on any atom is -0.449 e. The lowest BCUT2D eigenvalue weighted by Gasteiger charge is -2.38. The fraction of sp³-hybridized carbons (Fsp3) is 0.0345. The molecule has 0 aliphatic carbocycles. The number of hydrogen-bond acceptors (Lipinski definition) is 3. The highest BCUT2D eigenvalue weighted by molar-refractivity contribution is 5.67. The van der Waals surface area contributed by atoms with Gasteiger partial charge in [-0.25, -0.2) is 9.78 Å². The van der Waals surface area contributed by atoms with Gasteiger partial charge in [-0.1, -0.05) is 103 Å². The zero-order valence-corrected chi connectivity index (χ0v) is 18.3. The number of ether oxygens (including phenoxy) is 1. The number of hydrogen-bond donors (Lipinski definition) is 1. The van der Waals surface area contributed by atoms with Crippen molar-refractivity contribution in [1.29, 1.82) is 0 Å². The van der Waals surface area contributed by atoms with Crippen LogP contribution in [0.3, 0.4) is 0 Å². The Morgan fingerprint density at radius 1 is 0.735 bits per heavy atom. The molecule has 0 aliphatic rings. The van der Waals surface area contributed by atoms with Crippen LogP contribution in [-0.2, 0) is 5.54 Å². The lowest BCUT2D eigenvalue weighted by molar-refractivity contribution is 0.144.